The van der Waals surface area contributed by atoms with Crippen LogP contribution < -0.4 is 0 Å². The molecule has 3 saturated carbocycles. The van der Waals surface area contributed by atoms with E-state index in [0.717, 1.165) is 29.9 Å². The van der Waals surface area contributed by atoms with Gasteiger partial charge in [-0.3, -0.25) is 0 Å². The first-order valence-electron chi connectivity index (χ1n) is 12.8. The van der Waals surface area contributed by atoms with Gasteiger partial charge in [-0.2, -0.15) is 0 Å². The van der Waals surface area contributed by atoms with Gasteiger partial charge in [-0.05, 0) is 87.2 Å². The maximum Gasteiger partial charge on any atom is 0.0811 e. The highest BCUT2D eigenvalue weighted by atomic mass is 16.3. The minimum atomic E-state index is -0.607. The average Bonchev–Trinajstić information content (AvgIpc) is 3.09. The van der Waals surface area contributed by atoms with Gasteiger partial charge in [0.2, 0.25) is 0 Å². The van der Waals surface area contributed by atoms with E-state index in [2.05, 4.69) is 25.7 Å². The molecule has 5 atom stereocenters. The molecule has 0 aliphatic heterocycles. The summed E-state index contributed by atoms with van der Waals surface area (Å²) in [7, 11) is 0. The van der Waals surface area contributed by atoms with E-state index < -0.39 is 17.8 Å². The standard InChI is InChI=1S/C28H46O3/c1-20-22(18-24(29)19-26(20)30)13-12-21-14-15-23(28(4)17-9-11-25(21)28)10-7-5-6-8-16-27(2,3)31/h12-13,23-26,29-31H,1,5-11,14-19H2,2-4H3/b21-12+,22-13-/t23-,24-,25+,26+,28+/m1/s1. The predicted octanol–water partition coefficient (Wildman–Crippen LogP) is 6.24. The van der Waals surface area contributed by atoms with E-state index in [0.29, 0.717) is 24.2 Å². The van der Waals surface area contributed by atoms with Gasteiger partial charge in [0.15, 0.2) is 0 Å². The van der Waals surface area contributed by atoms with Gasteiger partial charge in [0.25, 0.3) is 0 Å². The largest absolute Gasteiger partial charge is 0.393 e. The lowest BCUT2D eigenvalue weighted by atomic mass is 9.59. The maximum absolute atomic E-state index is 10.1. The second kappa shape index (κ2) is 10.4. The van der Waals surface area contributed by atoms with E-state index in [9.17, 15) is 15.3 Å². The fourth-order valence-electron chi connectivity index (χ4n) is 6.57. The van der Waals surface area contributed by atoms with Crippen molar-refractivity contribution in [3.05, 3.63) is 35.5 Å². The molecule has 3 heteroatoms. The van der Waals surface area contributed by atoms with Crippen LogP contribution in [0.1, 0.15) is 104 Å². The van der Waals surface area contributed by atoms with Crippen LogP contribution in [-0.2, 0) is 0 Å². The first kappa shape index (κ1) is 24.7. The molecule has 0 amide bonds. The summed E-state index contributed by atoms with van der Waals surface area (Å²) in [5.41, 5.74) is 3.29. The van der Waals surface area contributed by atoms with Crippen LogP contribution in [0.5, 0.6) is 0 Å². The average molecular weight is 431 g/mol. The molecule has 0 heterocycles. The highest BCUT2D eigenvalue weighted by Crippen LogP contribution is 2.58. The highest BCUT2D eigenvalue weighted by molar-refractivity contribution is 5.38. The van der Waals surface area contributed by atoms with Crippen molar-refractivity contribution in [3.63, 3.8) is 0 Å². The molecule has 3 aliphatic carbocycles. The zero-order chi connectivity index (χ0) is 22.6. The molecule has 3 fully saturated rings. The van der Waals surface area contributed by atoms with Gasteiger partial charge in [-0.25, -0.2) is 0 Å². The summed E-state index contributed by atoms with van der Waals surface area (Å²) in [6.07, 6.45) is 18.1. The van der Waals surface area contributed by atoms with E-state index in [-0.39, 0.29) is 0 Å². The van der Waals surface area contributed by atoms with Gasteiger partial charge in [0.1, 0.15) is 0 Å². The van der Waals surface area contributed by atoms with Crippen molar-refractivity contribution in [1.29, 1.82) is 0 Å². The Hall–Kier alpha value is -0.900. The van der Waals surface area contributed by atoms with E-state index >= 15 is 0 Å². The Morgan fingerprint density at radius 1 is 1.10 bits per heavy atom. The minimum absolute atomic E-state index is 0.410. The number of aliphatic hydroxyl groups excluding tert-OH is 2. The molecule has 3 N–H and O–H groups in total. The molecule has 3 nitrogen and oxygen atoms in total. The zero-order valence-electron chi connectivity index (χ0n) is 20.2. The predicted molar refractivity (Wildman–Crippen MR) is 129 cm³/mol. The Kier molecular flexibility index (Phi) is 8.27. The molecule has 3 aliphatic rings. The molecular weight excluding hydrogens is 384 g/mol. The Labute approximate surface area is 190 Å². The molecule has 0 aromatic heterocycles. The second-order valence-corrected chi connectivity index (χ2v) is 11.5. The number of unbranched alkanes of at least 4 members (excludes halogenated alkanes) is 3. The van der Waals surface area contributed by atoms with E-state index in [1.54, 1.807) is 5.57 Å². The second-order valence-electron chi connectivity index (χ2n) is 11.5. The maximum atomic E-state index is 10.1. The first-order chi connectivity index (χ1) is 14.6. The summed E-state index contributed by atoms with van der Waals surface area (Å²) in [6.45, 7) is 10.4. The van der Waals surface area contributed by atoms with Crippen molar-refractivity contribution in [2.24, 2.45) is 17.3 Å². The van der Waals surface area contributed by atoms with Crippen LogP contribution in [0.15, 0.2) is 35.5 Å². The quantitative estimate of drug-likeness (QED) is 0.400. The van der Waals surface area contributed by atoms with E-state index in [1.807, 2.05) is 13.8 Å². The summed E-state index contributed by atoms with van der Waals surface area (Å²) in [6, 6.07) is 0. The topological polar surface area (TPSA) is 60.7 Å². The molecule has 31 heavy (non-hydrogen) atoms. The molecule has 0 bridgehead atoms. The fourth-order valence-corrected chi connectivity index (χ4v) is 6.57. The molecule has 3 rings (SSSR count). The summed E-state index contributed by atoms with van der Waals surface area (Å²) in [5.74, 6) is 1.51. The number of aliphatic hydroxyl groups is 3. The fraction of sp³-hybridized carbons (Fsp3) is 0.786. The van der Waals surface area contributed by atoms with Crippen molar-refractivity contribution < 1.29 is 15.3 Å². The molecule has 0 spiro atoms. The zero-order valence-corrected chi connectivity index (χ0v) is 20.2. The van der Waals surface area contributed by atoms with Gasteiger partial charge in [-0.15, -0.1) is 0 Å². The lowest BCUT2D eigenvalue weighted by Crippen LogP contribution is -2.36. The Bertz CT molecular complexity index is 683. The van der Waals surface area contributed by atoms with E-state index in [4.69, 9.17) is 0 Å². The Morgan fingerprint density at radius 2 is 1.84 bits per heavy atom. The molecule has 0 aromatic rings. The monoisotopic (exact) mass is 430 g/mol. The molecular formula is C28H46O3. The normalized spacial score (nSPS) is 36.9. The number of allylic oxidation sites excluding steroid dienone is 3. The molecule has 176 valence electrons. The van der Waals surface area contributed by atoms with Crippen LogP contribution in [-0.4, -0.2) is 33.1 Å². The van der Waals surface area contributed by atoms with Crippen molar-refractivity contribution in [2.75, 3.05) is 0 Å². The van der Waals surface area contributed by atoms with Gasteiger partial charge < -0.3 is 15.3 Å². The third kappa shape index (κ3) is 6.33. The van der Waals surface area contributed by atoms with Crippen LogP contribution in [0.25, 0.3) is 0 Å². The number of hydrogen-bond donors (Lipinski definition) is 3. The summed E-state index contributed by atoms with van der Waals surface area (Å²) in [5, 5.41) is 30.0. The summed E-state index contributed by atoms with van der Waals surface area (Å²) < 4.78 is 0. The molecule has 0 aromatic carbocycles. The van der Waals surface area contributed by atoms with Crippen LogP contribution >= 0.6 is 0 Å². The van der Waals surface area contributed by atoms with Gasteiger partial charge in [0.05, 0.1) is 17.8 Å². The molecule has 0 radical (unpaired) electrons. The number of fused-ring (bicyclic) bond motifs is 1. The van der Waals surface area contributed by atoms with Crippen molar-refractivity contribution in [2.45, 2.75) is 122 Å². The Morgan fingerprint density at radius 3 is 2.58 bits per heavy atom. The highest BCUT2D eigenvalue weighted by Gasteiger charge is 2.48. The minimum Gasteiger partial charge on any atom is -0.393 e. The van der Waals surface area contributed by atoms with Gasteiger partial charge in [0, 0.05) is 6.42 Å². The molecule has 0 saturated heterocycles. The van der Waals surface area contributed by atoms with Crippen LogP contribution in [0.2, 0.25) is 0 Å². The van der Waals surface area contributed by atoms with E-state index in [1.165, 1.54) is 57.8 Å². The number of hydrogen-bond acceptors (Lipinski definition) is 3. The lowest BCUT2D eigenvalue weighted by Gasteiger charge is -2.45. The van der Waals surface area contributed by atoms with Gasteiger partial charge >= 0.3 is 0 Å². The van der Waals surface area contributed by atoms with Crippen molar-refractivity contribution in [3.8, 4) is 0 Å². The first-order valence-corrected chi connectivity index (χ1v) is 12.8. The third-order valence-electron chi connectivity index (χ3n) is 8.52. The number of rotatable bonds is 8. The third-order valence-corrected chi connectivity index (χ3v) is 8.52. The van der Waals surface area contributed by atoms with Gasteiger partial charge in [-0.1, -0.05) is 63.3 Å². The lowest BCUT2D eigenvalue weighted by molar-refractivity contribution is 0.0676. The Balaban J connectivity index is 1.57. The summed E-state index contributed by atoms with van der Waals surface area (Å²) >= 11 is 0. The van der Waals surface area contributed by atoms with Crippen LogP contribution in [0.4, 0.5) is 0 Å². The van der Waals surface area contributed by atoms with Crippen LogP contribution in [0, 0.1) is 17.3 Å². The van der Waals surface area contributed by atoms with Crippen molar-refractivity contribution in [1.82, 2.24) is 0 Å². The SMILES string of the molecule is C=C1/C(=C\C=C2/CC[C@@H](CCCCCCC(C)(C)O)[C@]3(C)CCC[C@@H]23)C[C@@H](O)C[C@@H]1O. The van der Waals surface area contributed by atoms with Crippen LogP contribution in [0.3, 0.4) is 0 Å². The van der Waals surface area contributed by atoms with Crippen molar-refractivity contribution >= 4 is 0 Å². The smallest absolute Gasteiger partial charge is 0.0811 e. The summed E-state index contributed by atoms with van der Waals surface area (Å²) in [4.78, 5) is 0. The molecule has 0 unspecified atom stereocenters.